The van der Waals surface area contributed by atoms with E-state index in [2.05, 4.69) is 5.32 Å². The first kappa shape index (κ1) is 16.8. The van der Waals surface area contributed by atoms with Crippen molar-refractivity contribution in [2.24, 2.45) is 0 Å². The molecule has 25 heavy (non-hydrogen) atoms. The number of ether oxygens (including phenoxy) is 1. The first-order chi connectivity index (χ1) is 12.0. The molecule has 0 spiro atoms. The molecule has 0 bridgehead atoms. The molecule has 5 heteroatoms. The van der Waals surface area contributed by atoms with Gasteiger partial charge in [0.15, 0.2) is 0 Å². The fourth-order valence-electron chi connectivity index (χ4n) is 2.89. The number of halogens is 1. The topological polar surface area (TPSA) is 43.3 Å². The van der Waals surface area contributed by atoms with Crippen LogP contribution in [0.15, 0.2) is 54.6 Å². The number of nitrogens with zero attached hydrogens (tertiary/aromatic N) is 1. The normalized spacial score (nSPS) is 10.6. The average Bonchev–Trinajstić information content (AvgIpc) is 2.90. The number of anilines is 1. The zero-order valence-electron chi connectivity index (χ0n) is 14.3. The van der Waals surface area contributed by atoms with Crippen LogP contribution in [-0.4, -0.2) is 17.6 Å². The van der Waals surface area contributed by atoms with E-state index < -0.39 is 0 Å². The van der Waals surface area contributed by atoms with Gasteiger partial charge in [-0.3, -0.25) is 4.79 Å². The minimum atomic E-state index is -0.387. The summed E-state index contributed by atoms with van der Waals surface area (Å²) in [5.74, 6) is 0.121. The van der Waals surface area contributed by atoms with Crippen LogP contribution in [0.1, 0.15) is 21.7 Å². The Morgan fingerprint density at radius 3 is 2.44 bits per heavy atom. The van der Waals surface area contributed by atoms with Crippen LogP contribution in [0.3, 0.4) is 0 Å². The SMILES string of the molecule is COc1ccc(-n2c(C)cc(C(=O)Nc3cccc(F)c3)c2C)cc1. The van der Waals surface area contributed by atoms with Crippen molar-refractivity contribution in [3.05, 3.63) is 77.4 Å². The molecule has 3 aromatic rings. The highest BCUT2D eigenvalue weighted by molar-refractivity contribution is 6.05. The lowest BCUT2D eigenvalue weighted by Crippen LogP contribution is -2.13. The molecule has 1 heterocycles. The van der Waals surface area contributed by atoms with Crippen molar-refractivity contribution >= 4 is 11.6 Å². The Morgan fingerprint density at radius 1 is 1.08 bits per heavy atom. The molecule has 1 amide bonds. The Balaban J connectivity index is 1.91. The summed E-state index contributed by atoms with van der Waals surface area (Å²) in [6.45, 7) is 3.83. The summed E-state index contributed by atoms with van der Waals surface area (Å²) < 4.78 is 20.5. The highest BCUT2D eigenvalue weighted by Gasteiger charge is 2.17. The summed E-state index contributed by atoms with van der Waals surface area (Å²) in [6.07, 6.45) is 0. The lowest BCUT2D eigenvalue weighted by atomic mass is 10.2. The molecule has 0 fully saturated rings. The van der Waals surface area contributed by atoms with E-state index in [1.54, 1.807) is 19.2 Å². The second-order valence-corrected chi connectivity index (χ2v) is 5.78. The molecular formula is C20H19FN2O2. The van der Waals surface area contributed by atoms with Gasteiger partial charge in [-0.15, -0.1) is 0 Å². The van der Waals surface area contributed by atoms with Gasteiger partial charge in [0.05, 0.1) is 12.7 Å². The maximum atomic E-state index is 13.3. The average molecular weight is 338 g/mol. The molecule has 3 rings (SSSR count). The molecule has 4 nitrogen and oxygen atoms in total. The fraction of sp³-hybridized carbons (Fsp3) is 0.150. The van der Waals surface area contributed by atoms with Crippen LogP contribution < -0.4 is 10.1 Å². The fourth-order valence-corrected chi connectivity index (χ4v) is 2.89. The third-order valence-corrected chi connectivity index (χ3v) is 4.09. The maximum absolute atomic E-state index is 13.3. The van der Waals surface area contributed by atoms with E-state index in [1.807, 2.05) is 48.7 Å². The Hall–Kier alpha value is -3.08. The van der Waals surface area contributed by atoms with Crippen molar-refractivity contribution in [3.63, 3.8) is 0 Å². The van der Waals surface area contributed by atoms with Gasteiger partial charge in [0, 0.05) is 22.8 Å². The van der Waals surface area contributed by atoms with E-state index in [1.165, 1.54) is 12.1 Å². The molecule has 0 aliphatic heterocycles. The molecule has 0 saturated heterocycles. The highest BCUT2D eigenvalue weighted by Crippen LogP contribution is 2.23. The van der Waals surface area contributed by atoms with Crippen molar-refractivity contribution in [1.82, 2.24) is 4.57 Å². The number of carbonyl (C=O) groups excluding carboxylic acids is 1. The number of rotatable bonds is 4. The van der Waals surface area contributed by atoms with Gasteiger partial charge in [0.25, 0.3) is 5.91 Å². The zero-order valence-corrected chi connectivity index (χ0v) is 14.3. The molecular weight excluding hydrogens is 319 g/mol. The van der Waals surface area contributed by atoms with Gasteiger partial charge in [-0.05, 0) is 62.4 Å². The summed E-state index contributed by atoms with van der Waals surface area (Å²) in [4.78, 5) is 12.6. The molecule has 0 aliphatic carbocycles. The maximum Gasteiger partial charge on any atom is 0.257 e. The quantitative estimate of drug-likeness (QED) is 0.761. The number of hydrogen-bond donors (Lipinski definition) is 1. The number of carbonyl (C=O) groups is 1. The summed E-state index contributed by atoms with van der Waals surface area (Å²) in [5, 5.41) is 2.74. The molecule has 2 aromatic carbocycles. The van der Waals surface area contributed by atoms with E-state index in [4.69, 9.17) is 4.74 Å². The first-order valence-electron chi connectivity index (χ1n) is 7.90. The number of methoxy groups -OCH3 is 1. The van der Waals surface area contributed by atoms with Crippen LogP contribution in [0.25, 0.3) is 5.69 Å². The van der Waals surface area contributed by atoms with Crippen LogP contribution in [0.4, 0.5) is 10.1 Å². The van der Waals surface area contributed by atoms with E-state index in [0.717, 1.165) is 22.8 Å². The van der Waals surface area contributed by atoms with Gasteiger partial charge < -0.3 is 14.6 Å². The number of amides is 1. The van der Waals surface area contributed by atoms with Crippen LogP contribution in [-0.2, 0) is 0 Å². The van der Waals surface area contributed by atoms with E-state index in [9.17, 15) is 9.18 Å². The van der Waals surface area contributed by atoms with E-state index >= 15 is 0 Å². The largest absolute Gasteiger partial charge is 0.497 e. The third kappa shape index (κ3) is 3.40. The van der Waals surface area contributed by atoms with Gasteiger partial charge >= 0.3 is 0 Å². The minimum Gasteiger partial charge on any atom is -0.497 e. The van der Waals surface area contributed by atoms with Gasteiger partial charge in [-0.1, -0.05) is 6.07 Å². The lowest BCUT2D eigenvalue weighted by Gasteiger charge is -2.11. The van der Waals surface area contributed by atoms with Crippen molar-refractivity contribution in [2.75, 3.05) is 12.4 Å². The zero-order chi connectivity index (χ0) is 18.0. The molecule has 128 valence electrons. The first-order valence-corrected chi connectivity index (χ1v) is 7.90. The number of aryl methyl sites for hydroxylation is 1. The van der Waals surface area contributed by atoms with E-state index in [-0.39, 0.29) is 11.7 Å². The van der Waals surface area contributed by atoms with Crippen molar-refractivity contribution in [2.45, 2.75) is 13.8 Å². The van der Waals surface area contributed by atoms with Gasteiger partial charge in [0.2, 0.25) is 0 Å². The molecule has 0 saturated carbocycles. The number of benzene rings is 2. The Labute approximate surface area is 145 Å². The second-order valence-electron chi connectivity index (χ2n) is 5.78. The second kappa shape index (κ2) is 6.81. The van der Waals surface area contributed by atoms with Gasteiger partial charge in [0.1, 0.15) is 11.6 Å². The molecule has 1 N–H and O–H groups in total. The summed E-state index contributed by atoms with van der Waals surface area (Å²) in [7, 11) is 1.62. The van der Waals surface area contributed by atoms with Crippen molar-refractivity contribution < 1.29 is 13.9 Å². The van der Waals surface area contributed by atoms with Gasteiger partial charge in [-0.2, -0.15) is 0 Å². The number of aromatic nitrogens is 1. The molecule has 0 unspecified atom stereocenters. The van der Waals surface area contributed by atoms with Crippen LogP contribution in [0.5, 0.6) is 5.75 Å². The van der Waals surface area contributed by atoms with Crippen LogP contribution in [0, 0.1) is 19.7 Å². The van der Waals surface area contributed by atoms with Gasteiger partial charge in [-0.25, -0.2) is 4.39 Å². The third-order valence-electron chi connectivity index (χ3n) is 4.09. The van der Waals surface area contributed by atoms with E-state index in [0.29, 0.717) is 11.3 Å². The van der Waals surface area contributed by atoms with Crippen LogP contribution >= 0.6 is 0 Å². The predicted octanol–water partition coefficient (Wildman–Crippen LogP) is 4.49. The molecule has 0 aliphatic rings. The monoisotopic (exact) mass is 338 g/mol. The molecule has 1 aromatic heterocycles. The van der Waals surface area contributed by atoms with Crippen molar-refractivity contribution in [1.29, 1.82) is 0 Å². The predicted molar refractivity (Wildman–Crippen MR) is 96.1 cm³/mol. The van der Waals surface area contributed by atoms with Crippen molar-refractivity contribution in [3.8, 4) is 11.4 Å². The molecule has 0 atom stereocenters. The summed E-state index contributed by atoms with van der Waals surface area (Å²) in [5.41, 5.74) is 3.68. The summed E-state index contributed by atoms with van der Waals surface area (Å²) >= 11 is 0. The summed E-state index contributed by atoms with van der Waals surface area (Å²) in [6, 6.07) is 15.3. The Morgan fingerprint density at radius 2 is 1.80 bits per heavy atom. The number of hydrogen-bond acceptors (Lipinski definition) is 2. The number of nitrogens with one attached hydrogen (secondary N) is 1. The molecule has 0 radical (unpaired) electrons. The van der Waals surface area contributed by atoms with Crippen LogP contribution in [0.2, 0.25) is 0 Å². The lowest BCUT2D eigenvalue weighted by molar-refractivity contribution is 0.102. The Bertz CT molecular complexity index is 914. The standard InChI is InChI=1S/C20H19FN2O2/c1-13-11-19(20(24)22-16-6-4-5-15(21)12-16)14(2)23(13)17-7-9-18(25-3)10-8-17/h4-12H,1-3H3,(H,22,24). The Kier molecular flexibility index (Phi) is 4.57. The smallest absolute Gasteiger partial charge is 0.257 e. The minimum absolute atomic E-state index is 0.265. The highest BCUT2D eigenvalue weighted by atomic mass is 19.1.